The average Bonchev–Trinajstić information content (AvgIpc) is 2.33. The van der Waals surface area contributed by atoms with E-state index < -0.39 is 5.97 Å². The lowest BCUT2D eigenvalue weighted by Gasteiger charge is -2.21. The number of rotatable bonds is 6. The third kappa shape index (κ3) is 4.81. The fraction of sp³-hybridized carbons (Fsp3) is 0.533. The maximum absolute atomic E-state index is 10.5. The number of aliphatic carboxylic acids is 1. The summed E-state index contributed by atoms with van der Waals surface area (Å²) in [4.78, 5) is 10.5. The number of carboxylic acid groups (broad SMARTS) is 1. The molecule has 4 nitrogen and oxygen atoms in total. The lowest BCUT2D eigenvalue weighted by Crippen LogP contribution is -2.12. The van der Waals surface area contributed by atoms with Gasteiger partial charge in [-0.15, -0.1) is 0 Å². The van der Waals surface area contributed by atoms with Crippen LogP contribution in [0.4, 0.5) is 5.69 Å². The van der Waals surface area contributed by atoms with Crippen molar-refractivity contribution in [1.29, 1.82) is 0 Å². The molecule has 0 aliphatic carbocycles. The molecule has 4 heteroatoms. The maximum atomic E-state index is 10.5. The molecule has 0 aliphatic heterocycles. The Morgan fingerprint density at radius 2 is 2.05 bits per heavy atom. The molecular weight excluding hydrogens is 242 g/mol. The largest absolute Gasteiger partial charge is 0.495 e. The van der Waals surface area contributed by atoms with E-state index in [1.165, 1.54) is 5.56 Å². The first-order valence-corrected chi connectivity index (χ1v) is 6.49. The monoisotopic (exact) mass is 265 g/mol. The summed E-state index contributed by atoms with van der Waals surface area (Å²) in [6.07, 6.45) is 0.770. The quantitative estimate of drug-likeness (QED) is 0.775. The zero-order valence-electron chi connectivity index (χ0n) is 12.1. The molecule has 0 fully saturated rings. The van der Waals surface area contributed by atoms with Gasteiger partial charge in [0.2, 0.25) is 0 Å². The van der Waals surface area contributed by atoms with Gasteiger partial charge in [0.05, 0.1) is 12.8 Å². The summed E-state index contributed by atoms with van der Waals surface area (Å²) in [6.45, 7) is 7.09. The van der Waals surface area contributed by atoms with Crippen molar-refractivity contribution in [3.8, 4) is 5.75 Å². The zero-order chi connectivity index (χ0) is 14.5. The average molecular weight is 265 g/mol. The molecule has 1 rings (SSSR count). The number of ether oxygens (including phenoxy) is 1. The fourth-order valence-electron chi connectivity index (χ4n) is 1.78. The van der Waals surface area contributed by atoms with Gasteiger partial charge in [-0.2, -0.15) is 0 Å². The zero-order valence-corrected chi connectivity index (χ0v) is 12.1. The molecule has 0 heterocycles. The predicted molar refractivity (Wildman–Crippen MR) is 77.1 cm³/mol. The van der Waals surface area contributed by atoms with E-state index in [1.54, 1.807) is 7.11 Å². The fourth-order valence-corrected chi connectivity index (χ4v) is 1.78. The van der Waals surface area contributed by atoms with E-state index in [2.05, 4.69) is 38.2 Å². The smallest absolute Gasteiger partial charge is 0.303 e. The third-order valence-corrected chi connectivity index (χ3v) is 2.95. The first-order valence-electron chi connectivity index (χ1n) is 6.49. The van der Waals surface area contributed by atoms with Crippen molar-refractivity contribution >= 4 is 11.7 Å². The summed E-state index contributed by atoms with van der Waals surface area (Å²) >= 11 is 0. The van der Waals surface area contributed by atoms with E-state index in [4.69, 9.17) is 9.84 Å². The van der Waals surface area contributed by atoms with Crippen molar-refractivity contribution < 1.29 is 14.6 Å². The summed E-state index contributed by atoms with van der Waals surface area (Å²) in [5, 5.41) is 11.9. The van der Waals surface area contributed by atoms with Crippen LogP contribution in [0.25, 0.3) is 0 Å². The number of hydrogen-bond acceptors (Lipinski definition) is 3. The van der Waals surface area contributed by atoms with E-state index in [0.717, 1.165) is 11.4 Å². The summed E-state index contributed by atoms with van der Waals surface area (Å²) < 4.78 is 5.31. The number of methoxy groups -OCH3 is 1. The Kier molecular flexibility index (Phi) is 5.21. The van der Waals surface area contributed by atoms with Crippen LogP contribution in [0, 0.1) is 0 Å². The molecule has 0 bridgehead atoms. The summed E-state index contributed by atoms with van der Waals surface area (Å²) in [6, 6.07) is 6.07. The molecule has 2 N–H and O–H groups in total. The molecule has 0 spiro atoms. The minimum atomic E-state index is -0.766. The minimum Gasteiger partial charge on any atom is -0.495 e. The van der Waals surface area contributed by atoms with Crippen molar-refractivity contribution in [2.45, 2.75) is 39.0 Å². The van der Waals surface area contributed by atoms with Crippen molar-refractivity contribution in [3.05, 3.63) is 23.8 Å². The highest BCUT2D eigenvalue weighted by molar-refractivity contribution is 5.66. The molecule has 0 aromatic heterocycles. The first kappa shape index (κ1) is 15.3. The molecule has 1 aromatic rings. The Balaban J connectivity index is 2.76. The van der Waals surface area contributed by atoms with Crippen LogP contribution in [0.1, 0.15) is 39.2 Å². The van der Waals surface area contributed by atoms with Crippen LogP contribution in [0.3, 0.4) is 0 Å². The van der Waals surface area contributed by atoms with Crippen molar-refractivity contribution in [2.24, 2.45) is 0 Å². The van der Waals surface area contributed by atoms with Crippen LogP contribution < -0.4 is 10.1 Å². The van der Waals surface area contributed by atoms with Gasteiger partial charge in [0.25, 0.3) is 0 Å². The highest BCUT2D eigenvalue weighted by Gasteiger charge is 2.15. The summed E-state index contributed by atoms with van der Waals surface area (Å²) in [7, 11) is 1.63. The SMILES string of the molecule is COc1ccc(C(C)(C)C)cc1NCCCC(=O)O. The van der Waals surface area contributed by atoms with Gasteiger partial charge in [0, 0.05) is 13.0 Å². The van der Waals surface area contributed by atoms with Crippen LogP contribution in [-0.2, 0) is 10.2 Å². The molecular formula is C15H23NO3. The molecule has 0 radical (unpaired) electrons. The third-order valence-electron chi connectivity index (χ3n) is 2.95. The van der Waals surface area contributed by atoms with E-state index in [0.29, 0.717) is 13.0 Å². The summed E-state index contributed by atoms with van der Waals surface area (Å²) in [5.41, 5.74) is 2.21. The van der Waals surface area contributed by atoms with Crippen LogP contribution in [0.15, 0.2) is 18.2 Å². The van der Waals surface area contributed by atoms with Crippen molar-refractivity contribution in [1.82, 2.24) is 0 Å². The van der Waals surface area contributed by atoms with Crippen LogP contribution in [0.5, 0.6) is 5.75 Å². The van der Waals surface area contributed by atoms with Gasteiger partial charge >= 0.3 is 5.97 Å². The van der Waals surface area contributed by atoms with Gasteiger partial charge in [-0.05, 0) is 29.5 Å². The molecule has 0 amide bonds. The lowest BCUT2D eigenvalue weighted by atomic mass is 9.87. The number of hydrogen-bond donors (Lipinski definition) is 2. The lowest BCUT2D eigenvalue weighted by molar-refractivity contribution is -0.137. The first-order chi connectivity index (χ1) is 8.84. The highest BCUT2D eigenvalue weighted by atomic mass is 16.5. The molecule has 1 aromatic carbocycles. The Labute approximate surface area is 114 Å². The molecule has 106 valence electrons. The highest BCUT2D eigenvalue weighted by Crippen LogP contribution is 2.31. The second kappa shape index (κ2) is 6.45. The number of benzene rings is 1. The molecule has 0 aliphatic rings. The Bertz CT molecular complexity index is 436. The van der Waals surface area contributed by atoms with Crippen molar-refractivity contribution in [2.75, 3.05) is 19.0 Å². The summed E-state index contributed by atoms with van der Waals surface area (Å²) in [5.74, 6) is 0.0144. The van der Waals surface area contributed by atoms with Gasteiger partial charge in [-0.3, -0.25) is 4.79 Å². The molecule has 0 saturated heterocycles. The Hall–Kier alpha value is -1.71. The molecule has 0 saturated carbocycles. The minimum absolute atomic E-state index is 0.0732. The van der Waals surface area contributed by atoms with Gasteiger partial charge in [0.15, 0.2) is 0 Å². The van der Waals surface area contributed by atoms with E-state index >= 15 is 0 Å². The Morgan fingerprint density at radius 3 is 2.58 bits per heavy atom. The van der Waals surface area contributed by atoms with Gasteiger partial charge < -0.3 is 15.2 Å². The second-order valence-electron chi connectivity index (χ2n) is 5.59. The van der Waals surface area contributed by atoms with Gasteiger partial charge in [-0.1, -0.05) is 26.8 Å². The normalized spacial score (nSPS) is 11.2. The van der Waals surface area contributed by atoms with Crippen LogP contribution in [0.2, 0.25) is 0 Å². The number of anilines is 1. The Morgan fingerprint density at radius 1 is 1.37 bits per heavy atom. The standard InChI is InChI=1S/C15H23NO3/c1-15(2,3)11-7-8-13(19-4)12(10-11)16-9-5-6-14(17)18/h7-8,10,16H,5-6,9H2,1-4H3,(H,17,18). The number of nitrogens with one attached hydrogen (secondary N) is 1. The topological polar surface area (TPSA) is 58.6 Å². The molecule has 19 heavy (non-hydrogen) atoms. The van der Waals surface area contributed by atoms with E-state index in [1.807, 2.05) is 6.07 Å². The van der Waals surface area contributed by atoms with Crippen LogP contribution in [-0.4, -0.2) is 24.7 Å². The van der Waals surface area contributed by atoms with Gasteiger partial charge in [-0.25, -0.2) is 0 Å². The van der Waals surface area contributed by atoms with E-state index in [-0.39, 0.29) is 11.8 Å². The van der Waals surface area contributed by atoms with Crippen LogP contribution >= 0.6 is 0 Å². The number of carbonyl (C=O) groups is 1. The van der Waals surface area contributed by atoms with E-state index in [9.17, 15) is 4.79 Å². The number of carboxylic acids is 1. The van der Waals surface area contributed by atoms with Gasteiger partial charge in [0.1, 0.15) is 5.75 Å². The molecule has 0 atom stereocenters. The maximum Gasteiger partial charge on any atom is 0.303 e. The second-order valence-corrected chi connectivity index (χ2v) is 5.59. The molecule has 0 unspecified atom stereocenters. The van der Waals surface area contributed by atoms with Crippen molar-refractivity contribution in [3.63, 3.8) is 0 Å². The predicted octanol–water partition coefficient (Wildman–Crippen LogP) is 3.27.